The lowest BCUT2D eigenvalue weighted by Crippen LogP contribution is -2.36. The van der Waals surface area contributed by atoms with Gasteiger partial charge in [0.25, 0.3) is 0 Å². The molecule has 6 nitrogen and oxygen atoms in total. The fourth-order valence-electron chi connectivity index (χ4n) is 4.65. The number of hydrogen-bond donors (Lipinski definition) is 2. The molecule has 152 valence electrons. The minimum Gasteiger partial charge on any atom is -0.381 e. The van der Waals surface area contributed by atoms with Crippen LogP contribution in [0, 0.1) is 13.8 Å². The SMILES string of the molecule is Cc1cc(-c2cnc3[nH]cc(C)c3c2)nc(C2COCCN2)c1C1CCOCC1. The largest absolute Gasteiger partial charge is 0.381 e. The summed E-state index contributed by atoms with van der Waals surface area (Å²) in [7, 11) is 0. The number of rotatable bonds is 3. The van der Waals surface area contributed by atoms with Crippen LogP contribution in [-0.4, -0.2) is 47.9 Å². The third kappa shape index (κ3) is 3.56. The highest BCUT2D eigenvalue weighted by molar-refractivity contribution is 5.83. The van der Waals surface area contributed by atoms with E-state index in [9.17, 15) is 0 Å². The van der Waals surface area contributed by atoms with Gasteiger partial charge in [0.05, 0.1) is 30.6 Å². The highest BCUT2D eigenvalue weighted by atomic mass is 16.5. The van der Waals surface area contributed by atoms with E-state index in [4.69, 9.17) is 14.5 Å². The summed E-state index contributed by atoms with van der Waals surface area (Å²) in [5.74, 6) is 0.497. The second kappa shape index (κ2) is 7.86. The van der Waals surface area contributed by atoms with E-state index in [0.29, 0.717) is 12.5 Å². The van der Waals surface area contributed by atoms with E-state index < -0.39 is 0 Å². The summed E-state index contributed by atoms with van der Waals surface area (Å²) < 4.78 is 11.4. The second-order valence-electron chi connectivity index (χ2n) is 8.18. The number of fused-ring (bicyclic) bond motifs is 1. The number of ether oxygens (including phenoxy) is 2. The Hall–Kier alpha value is -2.28. The van der Waals surface area contributed by atoms with Gasteiger partial charge in [0, 0.05) is 43.1 Å². The molecule has 0 bridgehead atoms. The van der Waals surface area contributed by atoms with Gasteiger partial charge in [0.15, 0.2) is 0 Å². The quantitative estimate of drug-likeness (QED) is 0.709. The molecule has 0 amide bonds. The number of pyridine rings is 2. The van der Waals surface area contributed by atoms with Gasteiger partial charge < -0.3 is 19.8 Å². The molecule has 2 aliphatic heterocycles. The normalized spacial score (nSPS) is 21.0. The van der Waals surface area contributed by atoms with Crippen molar-refractivity contribution in [2.45, 2.75) is 38.6 Å². The van der Waals surface area contributed by atoms with E-state index in [-0.39, 0.29) is 6.04 Å². The average Bonchev–Trinajstić information content (AvgIpc) is 3.14. The molecular weight excluding hydrogens is 364 g/mol. The topological polar surface area (TPSA) is 72.1 Å². The molecule has 29 heavy (non-hydrogen) atoms. The van der Waals surface area contributed by atoms with Crippen molar-refractivity contribution in [3.8, 4) is 11.3 Å². The van der Waals surface area contributed by atoms with Crippen LogP contribution in [0.3, 0.4) is 0 Å². The molecule has 0 spiro atoms. The molecule has 0 saturated carbocycles. The van der Waals surface area contributed by atoms with E-state index >= 15 is 0 Å². The zero-order valence-electron chi connectivity index (χ0n) is 17.1. The third-order valence-corrected chi connectivity index (χ3v) is 6.21. The van der Waals surface area contributed by atoms with Crippen molar-refractivity contribution < 1.29 is 9.47 Å². The van der Waals surface area contributed by atoms with Gasteiger partial charge in [-0.05, 0) is 61.4 Å². The summed E-state index contributed by atoms with van der Waals surface area (Å²) in [6.45, 7) is 8.26. The van der Waals surface area contributed by atoms with Crippen molar-refractivity contribution in [3.05, 3.63) is 46.9 Å². The van der Waals surface area contributed by atoms with E-state index in [0.717, 1.165) is 67.2 Å². The van der Waals surface area contributed by atoms with Crippen LogP contribution in [0.1, 0.15) is 47.2 Å². The van der Waals surface area contributed by atoms with Crippen LogP contribution in [-0.2, 0) is 9.47 Å². The Bertz CT molecular complexity index is 1020. The molecule has 3 aromatic heterocycles. The van der Waals surface area contributed by atoms with E-state index in [2.05, 4.69) is 41.3 Å². The average molecular weight is 393 g/mol. The molecule has 2 fully saturated rings. The molecule has 6 heteroatoms. The zero-order chi connectivity index (χ0) is 19.8. The summed E-state index contributed by atoms with van der Waals surface area (Å²) >= 11 is 0. The Morgan fingerprint density at radius 2 is 1.90 bits per heavy atom. The molecule has 5 heterocycles. The summed E-state index contributed by atoms with van der Waals surface area (Å²) in [4.78, 5) is 13.0. The van der Waals surface area contributed by atoms with Gasteiger partial charge >= 0.3 is 0 Å². The second-order valence-corrected chi connectivity index (χ2v) is 8.18. The van der Waals surface area contributed by atoms with Gasteiger partial charge in [-0.2, -0.15) is 0 Å². The van der Waals surface area contributed by atoms with E-state index in [1.807, 2.05) is 12.4 Å². The molecule has 0 aliphatic carbocycles. The maximum atomic E-state index is 5.78. The minimum atomic E-state index is 0.130. The number of nitrogens with zero attached hydrogens (tertiary/aromatic N) is 2. The van der Waals surface area contributed by atoms with Gasteiger partial charge in [0.2, 0.25) is 0 Å². The van der Waals surface area contributed by atoms with Crippen molar-refractivity contribution in [3.63, 3.8) is 0 Å². The molecule has 1 atom stereocenters. The summed E-state index contributed by atoms with van der Waals surface area (Å²) in [5, 5.41) is 4.77. The van der Waals surface area contributed by atoms with E-state index in [1.54, 1.807) is 0 Å². The number of hydrogen-bond acceptors (Lipinski definition) is 5. The lowest BCUT2D eigenvalue weighted by Gasteiger charge is -2.31. The highest BCUT2D eigenvalue weighted by Gasteiger charge is 2.28. The summed E-state index contributed by atoms with van der Waals surface area (Å²) in [5.41, 5.74) is 7.98. The Labute approximate surface area is 171 Å². The molecule has 0 radical (unpaired) electrons. The van der Waals surface area contributed by atoms with Gasteiger partial charge in [-0.1, -0.05) is 0 Å². The lowest BCUT2D eigenvalue weighted by molar-refractivity contribution is 0.0726. The molecular formula is C23H28N4O2. The fourth-order valence-corrected chi connectivity index (χ4v) is 4.65. The number of aromatic nitrogens is 3. The van der Waals surface area contributed by atoms with Crippen LogP contribution in [0.25, 0.3) is 22.3 Å². The highest BCUT2D eigenvalue weighted by Crippen LogP contribution is 2.36. The maximum Gasteiger partial charge on any atom is 0.137 e. The van der Waals surface area contributed by atoms with Crippen LogP contribution in [0.5, 0.6) is 0 Å². The van der Waals surface area contributed by atoms with Crippen LogP contribution >= 0.6 is 0 Å². The van der Waals surface area contributed by atoms with Crippen LogP contribution in [0.2, 0.25) is 0 Å². The first-order valence-electron chi connectivity index (χ1n) is 10.5. The lowest BCUT2D eigenvalue weighted by atomic mass is 9.85. The molecule has 1 unspecified atom stereocenters. The smallest absolute Gasteiger partial charge is 0.137 e. The van der Waals surface area contributed by atoms with Gasteiger partial charge in [-0.15, -0.1) is 0 Å². The van der Waals surface area contributed by atoms with Gasteiger partial charge in [-0.3, -0.25) is 4.98 Å². The molecule has 2 aliphatic rings. The third-order valence-electron chi connectivity index (χ3n) is 6.21. The van der Waals surface area contributed by atoms with Crippen molar-refractivity contribution in [2.75, 3.05) is 33.0 Å². The summed E-state index contributed by atoms with van der Waals surface area (Å²) in [6.07, 6.45) is 6.03. The van der Waals surface area contributed by atoms with Crippen molar-refractivity contribution in [1.29, 1.82) is 0 Å². The molecule has 0 aromatic carbocycles. The van der Waals surface area contributed by atoms with Crippen LogP contribution in [0.4, 0.5) is 0 Å². The predicted molar refractivity (Wildman–Crippen MR) is 113 cm³/mol. The van der Waals surface area contributed by atoms with E-state index in [1.165, 1.54) is 16.7 Å². The first-order valence-corrected chi connectivity index (χ1v) is 10.5. The zero-order valence-corrected chi connectivity index (χ0v) is 17.1. The molecule has 2 N–H and O–H groups in total. The van der Waals surface area contributed by atoms with Crippen LogP contribution in [0.15, 0.2) is 24.5 Å². The number of morpholine rings is 1. The molecule has 5 rings (SSSR count). The number of nitrogens with one attached hydrogen (secondary N) is 2. The Kier molecular flexibility index (Phi) is 5.08. The number of H-pyrrole nitrogens is 1. The fraction of sp³-hybridized carbons (Fsp3) is 0.478. The Balaban J connectivity index is 1.62. The standard InChI is InChI=1S/C23H28N4O2/c1-14-9-19(17-10-18-15(2)11-25-23(18)26-12-17)27-22(20-13-29-8-5-24-20)21(14)16-3-6-28-7-4-16/h9-12,16,20,24H,3-8,13H2,1-2H3,(H,25,26). The predicted octanol–water partition coefficient (Wildman–Crippen LogP) is 3.80. The summed E-state index contributed by atoms with van der Waals surface area (Å²) in [6, 6.07) is 4.55. The number of aryl methyl sites for hydroxylation is 2. The Morgan fingerprint density at radius 3 is 2.69 bits per heavy atom. The molecule has 2 saturated heterocycles. The van der Waals surface area contributed by atoms with Gasteiger partial charge in [-0.25, -0.2) is 4.98 Å². The van der Waals surface area contributed by atoms with Crippen molar-refractivity contribution in [1.82, 2.24) is 20.3 Å². The van der Waals surface area contributed by atoms with Crippen LogP contribution < -0.4 is 5.32 Å². The maximum absolute atomic E-state index is 5.78. The Morgan fingerprint density at radius 1 is 1.03 bits per heavy atom. The first kappa shape index (κ1) is 18.7. The van der Waals surface area contributed by atoms with Crippen molar-refractivity contribution >= 4 is 11.0 Å². The van der Waals surface area contributed by atoms with Crippen molar-refractivity contribution in [2.24, 2.45) is 0 Å². The van der Waals surface area contributed by atoms with Gasteiger partial charge in [0.1, 0.15) is 5.65 Å². The first-order chi connectivity index (χ1) is 14.2. The monoisotopic (exact) mass is 392 g/mol. The molecule has 3 aromatic rings. The number of aromatic amines is 1. The minimum absolute atomic E-state index is 0.130.